The van der Waals surface area contributed by atoms with E-state index in [1.807, 2.05) is 6.92 Å². The zero-order chi connectivity index (χ0) is 8.81. The van der Waals surface area contributed by atoms with Gasteiger partial charge in [-0.2, -0.15) is 0 Å². The molecule has 68 valence electrons. The average Bonchev–Trinajstić information content (AvgIpc) is 2.59. The summed E-state index contributed by atoms with van der Waals surface area (Å²) in [4.78, 5) is 7.04. The van der Waals surface area contributed by atoms with Crippen LogP contribution in [0.5, 0.6) is 0 Å². The van der Waals surface area contributed by atoms with Gasteiger partial charge in [-0.1, -0.05) is 6.92 Å². The Morgan fingerprint density at radius 1 is 1.75 bits per heavy atom. The van der Waals surface area contributed by atoms with Gasteiger partial charge in [-0.3, -0.25) is 0 Å². The van der Waals surface area contributed by atoms with E-state index in [1.165, 1.54) is 0 Å². The van der Waals surface area contributed by atoms with Crippen LogP contribution in [0.25, 0.3) is 0 Å². The maximum atomic E-state index is 8.86. The van der Waals surface area contributed by atoms with Gasteiger partial charge in [0.2, 0.25) is 0 Å². The van der Waals surface area contributed by atoms with E-state index in [9.17, 15) is 0 Å². The topological polar surface area (TPSA) is 60.9 Å². The van der Waals surface area contributed by atoms with Crippen LogP contribution in [0.2, 0.25) is 0 Å². The Balaban J connectivity index is 2.25. The molecule has 1 rings (SSSR count). The minimum atomic E-state index is 0.176. The molecule has 1 heterocycles. The highest BCUT2D eigenvalue weighted by Gasteiger charge is 2.03. The number of nitrogens with zero attached hydrogens (tertiary/aromatic N) is 1. The maximum absolute atomic E-state index is 8.86. The molecule has 12 heavy (non-hydrogen) atoms. The molecule has 0 amide bonds. The Morgan fingerprint density at radius 3 is 3.08 bits per heavy atom. The van der Waals surface area contributed by atoms with Crippen LogP contribution >= 0.6 is 0 Å². The number of hydrogen-bond donors (Lipinski definition) is 3. The molecule has 0 aromatic carbocycles. The molecule has 0 spiro atoms. The van der Waals surface area contributed by atoms with E-state index >= 15 is 0 Å². The van der Waals surface area contributed by atoms with Crippen molar-refractivity contribution in [3.8, 4) is 0 Å². The molecule has 0 aliphatic rings. The maximum Gasteiger partial charge on any atom is 0.120 e. The van der Waals surface area contributed by atoms with Crippen LogP contribution < -0.4 is 5.32 Å². The van der Waals surface area contributed by atoms with E-state index in [2.05, 4.69) is 15.3 Å². The fourth-order valence-electron chi connectivity index (χ4n) is 0.974. The van der Waals surface area contributed by atoms with Crippen LogP contribution in [0.1, 0.15) is 19.2 Å². The lowest BCUT2D eigenvalue weighted by Gasteiger charge is -2.11. The van der Waals surface area contributed by atoms with Crippen molar-refractivity contribution in [2.45, 2.75) is 25.9 Å². The molecular weight excluding hydrogens is 154 g/mol. The number of hydrogen-bond acceptors (Lipinski definition) is 3. The van der Waals surface area contributed by atoms with E-state index in [0.717, 1.165) is 12.2 Å². The van der Waals surface area contributed by atoms with Gasteiger partial charge in [0.05, 0.1) is 13.2 Å². The second kappa shape index (κ2) is 4.90. The molecule has 1 unspecified atom stereocenters. The fourth-order valence-corrected chi connectivity index (χ4v) is 0.974. The molecule has 1 aromatic heterocycles. The molecule has 0 fully saturated rings. The smallest absolute Gasteiger partial charge is 0.120 e. The highest BCUT2D eigenvalue weighted by atomic mass is 16.3. The molecule has 0 saturated heterocycles. The normalized spacial score (nSPS) is 13.2. The molecule has 4 heteroatoms. The summed E-state index contributed by atoms with van der Waals surface area (Å²) >= 11 is 0. The van der Waals surface area contributed by atoms with Crippen LogP contribution in [0.15, 0.2) is 12.4 Å². The molecular formula is C8H15N3O. The Bertz CT molecular complexity index is 194. The number of imidazole rings is 1. The number of aromatic amines is 1. The number of H-pyrrole nitrogens is 1. The van der Waals surface area contributed by atoms with E-state index in [4.69, 9.17) is 5.11 Å². The summed E-state index contributed by atoms with van der Waals surface area (Å²) in [5.74, 6) is 0.905. The van der Waals surface area contributed by atoms with Crippen molar-refractivity contribution in [2.75, 3.05) is 6.61 Å². The lowest BCUT2D eigenvalue weighted by atomic mass is 10.2. The van der Waals surface area contributed by atoms with E-state index < -0.39 is 0 Å². The first-order chi connectivity index (χ1) is 5.86. The van der Waals surface area contributed by atoms with Gasteiger partial charge < -0.3 is 15.4 Å². The van der Waals surface area contributed by atoms with E-state index in [1.54, 1.807) is 12.4 Å². The summed E-state index contributed by atoms with van der Waals surface area (Å²) in [5.41, 5.74) is 0. The number of aliphatic hydroxyl groups excluding tert-OH is 1. The zero-order valence-corrected chi connectivity index (χ0v) is 7.25. The average molecular weight is 169 g/mol. The lowest BCUT2D eigenvalue weighted by Crippen LogP contribution is -2.31. The molecule has 4 nitrogen and oxygen atoms in total. The van der Waals surface area contributed by atoms with Gasteiger partial charge in [-0.25, -0.2) is 4.98 Å². The second-order valence-corrected chi connectivity index (χ2v) is 2.70. The molecule has 0 bridgehead atoms. The first-order valence-corrected chi connectivity index (χ1v) is 4.19. The van der Waals surface area contributed by atoms with Gasteiger partial charge in [0.1, 0.15) is 5.82 Å². The lowest BCUT2D eigenvalue weighted by molar-refractivity contribution is 0.237. The highest BCUT2D eigenvalue weighted by Crippen LogP contribution is 1.92. The third kappa shape index (κ3) is 2.64. The van der Waals surface area contributed by atoms with Gasteiger partial charge in [0.25, 0.3) is 0 Å². The van der Waals surface area contributed by atoms with Crippen molar-refractivity contribution in [2.24, 2.45) is 0 Å². The third-order valence-electron chi connectivity index (χ3n) is 1.83. The largest absolute Gasteiger partial charge is 0.395 e. The van der Waals surface area contributed by atoms with Crippen molar-refractivity contribution in [1.29, 1.82) is 0 Å². The summed E-state index contributed by atoms with van der Waals surface area (Å²) in [6.07, 6.45) is 4.44. The summed E-state index contributed by atoms with van der Waals surface area (Å²) in [7, 11) is 0. The Morgan fingerprint density at radius 2 is 2.58 bits per heavy atom. The molecule has 0 aliphatic carbocycles. The van der Waals surface area contributed by atoms with E-state index in [-0.39, 0.29) is 12.6 Å². The minimum absolute atomic E-state index is 0.176. The molecule has 1 aromatic rings. The number of rotatable bonds is 5. The second-order valence-electron chi connectivity index (χ2n) is 2.70. The van der Waals surface area contributed by atoms with Crippen LogP contribution in [0.4, 0.5) is 0 Å². The monoisotopic (exact) mass is 169 g/mol. The van der Waals surface area contributed by atoms with Crippen LogP contribution in [0.3, 0.4) is 0 Å². The van der Waals surface area contributed by atoms with Gasteiger partial charge in [-0.05, 0) is 6.42 Å². The highest BCUT2D eigenvalue weighted by molar-refractivity contribution is 4.86. The zero-order valence-electron chi connectivity index (χ0n) is 7.25. The van der Waals surface area contributed by atoms with Crippen molar-refractivity contribution < 1.29 is 5.11 Å². The number of aliphatic hydroxyl groups is 1. The van der Waals surface area contributed by atoms with Crippen molar-refractivity contribution in [3.63, 3.8) is 0 Å². The standard InChI is InChI=1S/C8H15N3O/c1-2-7(6-12)11-5-8-9-3-4-10-8/h3-4,7,11-12H,2,5-6H2,1H3,(H,9,10). The van der Waals surface area contributed by atoms with Gasteiger partial charge >= 0.3 is 0 Å². The van der Waals surface area contributed by atoms with Gasteiger partial charge in [-0.15, -0.1) is 0 Å². The van der Waals surface area contributed by atoms with Gasteiger partial charge in [0, 0.05) is 18.4 Å². The predicted molar refractivity (Wildman–Crippen MR) is 46.6 cm³/mol. The molecule has 0 saturated carbocycles. The first kappa shape index (κ1) is 9.22. The van der Waals surface area contributed by atoms with Crippen molar-refractivity contribution in [1.82, 2.24) is 15.3 Å². The summed E-state index contributed by atoms with van der Waals surface area (Å²) in [5, 5.41) is 12.0. The van der Waals surface area contributed by atoms with Crippen molar-refractivity contribution >= 4 is 0 Å². The first-order valence-electron chi connectivity index (χ1n) is 4.19. The van der Waals surface area contributed by atoms with Crippen LogP contribution in [0, 0.1) is 0 Å². The number of nitrogens with one attached hydrogen (secondary N) is 2. The molecule has 0 aliphatic heterocycles. The summed E-state index contributed by atoms with van der Waals surface area (Å²) in [6.45, 7) is 2.90. The SMILES string of the molecule is CCC(CO)NCc1ncc[nH]1. The number of aromatic nitrogens is 2. The van der Waals surface area contributed by atoms with Crippen LogP contribution in [-0.2, 0) is 6.54 Å². The Kier molecular flexibility index (Phi) is 3.76. The molecule has 0 radical (unpaired) electrons. The van der Waals surface area contributed by atoms with Gasteiger partial charge in [0.15, 0.2) is 0 Å². The Hall–Kier alpha value is -0.870. The summed E-state index contributed by atoms with van der Waals surface area (Å²) < 4.78 is 0. The van der Waals surface area contributed by atoms with Crippen LogP contribution in [-0.4, -0.2) is 27.7 Å². The molecule has 3 N–H and O–H groups in total. The molecule has 1 atom stereocenters. The summed E-state index contributed by atoms with van der Waals surface area (Å²) in [6, 6.07) is 0.176. The predicted octanol–water partition coefficient (Wildman–Crippen LogP) is 0.270. The Labute approximate surface area is 72.0 Å². The third-order valence-corrected chi connectivity index (χ3v) is 1.83. The fraction of sp³-hybridized carbons (Fsp3) is 0.625. The minimum Gasteiger partial charge on any atom is -0.395 e. The van der Waals surface area contributed by atoms with E-state index in [0.29, 0.717) is 6.54 Å². The quantitative estimate of drug-likeness (QED) is 0.593. The van der Waals surface area contributed by atoms with Crippen molar-refractivity contribution in [3.05, 3.63) is 18.2 Å².